The third-order valence-electron chi connectivity index (χ3n) is 4.64. The average molecular weight is 464 g/mol. The molecule has 0 unspecified atom stereocenters. The number of hydrogen-bond donors (Lipinski definition) is 3. The highest BCUT2D eigenvalue weighted by Gasteiger charge is 2.09. The first kappa shape index (κ1) is 22.5. The second-order valence-electron chi connectivity index (χ2n) is 6.70. The van der Waals surface area contributed by atoms with Crippen molar-refractivity contribution in [3.63, 3.8) is 0 Å². The van der Waals surface area contributed by atoms with Crippen molar-refractivity contribution in [1.82, 2.24) is 9.97 Å². The van der Waals surface area contributed by atoms with Gasteiger partial charge in [0.15, 0.2) is 11.5 Å². The van der Waals surface area contributed by atoms with E-state index in [0.29, 0.717) is 28.6 Å². The van der Waals surface area contributed by atoms with Crippen LogP contribution in [-0.4, -0.2) is 17.1 Å². The van der Waals surface area contributed by atoms with E-state index in [0.717, 1.165) is 22.3 Å². The molecule has 0 aliphatic rings. The van der Waals surface area contributed by atoms with E-state index in [-0.39, 0.29) is 30.5 Å². The number of fused-ring (bicyclic) bond motifs is 1. The summed E-state index contributed by atoms with van der Waals surface area (Å²) in [7, 11) is 1.57. The molecule has 9 heteroatoms. The minimum absolute atomic E-state index is 0. The van der Waals surface area contributed by atoms with Crippen LogP contribution in [0.4, 0.5) is 10.1 Å². The van der Waals surface area contributed by atoms with Crippen LogP contribution >= 0.6 is 24.0 Å². The number of anilines is 1. The van der Waals surface area contributed by atoms with Gasteiger partial charge in [0, 0.05) is 17.8 Å². The molecule has 31 heavy (non-hydrogen) atoms. The second kappa shape index (κ2) is 9.76. The van der Waals surface area contributed by atoms with E-state index in [2.05, 4.69) is 15.3 Å². The summed E-state index contributed by atoms with van der Waals surface area (Å²) < 4.78 is 24.4. The lowest BCUT2D eigenvalue weighted by molar-refractivity contribution is 0.284. The molecule has 1 aromatic heterocycles. The van der Waals surface area contributed by atoms with E-state index in [1.807, 2.05) is 36.4 Å². The Bertz CT molecular complexity index is 1260. The smallest absolute Gasteiger partial charge is 0.323 e. The molecule has 6 nitrogen and oxygen atoms in total. The first-order chi connectivity index (χ1) is 14.5. The maximum Gasteiger partial charge on any atom is 0.323 e. The third-order valence-corrected chi connectivity index (χ3v) is 4.99. The predicted molar refractivity (Wildman–Crippen MR) is 122 cm³/mol. The normalized spacial score (nSPS) is 10.5. The fourth-order valence-corrected chi connectivity index (χ4v) is 3.30. The van der Waals surface area contributed by atoms with E-state index in [1.165, 1.54) is 12.1 Å². The zero-order valence-electron chi connectivity index (χ0n) is 16.5. The molecule has 3 N–H and O–H groups in total. The van der Waals surface area contributed by atoms with Gasteiger partial charge in [-0.05, 0) is 48.0 Å². The van der Waals surface area contributed by atoms with Crippen molar-refractivity contribution in [3.8, 4) is 11.5 Å². The first-order valence-electron chi connectivity index (χ1n) is 9.21. The van der Waals surface area contributed by atoms with Crippen molar-refractivity contribution < 1.29 is 13.9 Å². The van der Waals surface area contributed by atoms with Gasteiger partial charge in [-0.25, -0.2) is 9.18 Å². The summed E-state index contributed by atoms with van der Waals surface area (Å²) in [4.78, 5) is 16.8. The lowest BCUT2D eigenvalue weighted by Crippen LogP contribution is -2.02. The molecule has 3 aromatic carbocycles. The van der Waals surface area contributed by atoms with Gasteiger partial charge in [0.2, 0.25) is 0 Å². The van der Waals surface area contributed by atoms with Gasteiger partial charge >= 0.3 is 5.69 Å². The first-order valence-corrected chi connectivity index (χ1v) is 9.59. The molecule has 0 radical (unpaired) electrons. The van der Waals surface area contributed by atoms with Crippen LogP contribution in [-0.2, 0) is 13.2 Å². The van der Waals surface area contributed by atoms with Crippen LogP contribution in [0.3, 0.4) is 0 Å². The minimum atomic E-state index is -0.389. The molecule has 0 aliphatic carbocycles. The molecule has 4 aromatic rings. The maximum absolute atomic E-state index is 13.2. The number of aromatic amines is 2. The molecule has 0 atom stereocenters. The molecule has 162 valence electrons. The molecule has 4 rings (SSSR count). The summed E-state index contributed by atoms with van der Waals surface area (Å²) in [6.45, 7) is 0.753. The number of hydrogen-bond acceptors (Lipinski definition) is 4. The average Bonchev–Trinajstić information content (AvgIpc) is 3.11. The van der Waals surface area contributed by atoms with Crippen LogP contribution < -0.4 is 20.5 Å². The number of nitrogens with one attached hydrogen (secondary N) is 3. The third kappa shape index (κ3) is 5.31. The van der Waals surface area contributed by atoms with E-state index in [4.69, 9.17) is 21.1 Å². The number of halogens is 3. The number of H-pyrrole nitrogens is 2. The highest BCUT2D eigenvalue weighted by molar-refractivity contribution is 6.31. The molecule has 0 amide bonds. The molecular weight excluding hydrogens is 444 g/mol. The van der Waals surface area contributed by atoms with Crippen molar-refractivity contribution in [2.75, 3.05) is 12.4 Å². The molecule has 0 spiro atoms. The second-order valence-corrected chi connectivity index (χ2v) is 7.11. The Morgan fingerprint density at radius 3 is 2.58 bits per heavy atom. The Kier molecular flexibility index (Phi) is 7.09. The number of benzene rings is 3. The fraction of sp³-hybridized carbons (Fsp3) is 0.136. The highest BCUT2D eigenvalue weighted by atomic mass is 35.5. The van der Waals surface area contributed by atoms with Crippen LogP contribution in [0.2, 0.25) is 5.02 Å². The van der Waals surface area contributed by atoms with Gasteiger partial charge in [0.25, 0.3) is 0 Å². The Balaban J connectivity index is 0.00000272. The summed E-state index contributed by atoms with van der Waals surface area (Å²) in [5, 5.41) is 3.63. The highest BCUT2D eigenvalue weighted by Crippen LogP contribution is 2.30. The standard InChI is InChI=1S/C22H19ClFN3O3.ClH/c1-29-21-8-13(11-25-16-5-6-18-19(10-16)27-22(28)26-18)2-7-20(21)30-12-14-3-4-15(24)9-17(14)23;/h2-10,25H,11-12H2,1H3,(H2,26,27,28);1H. The van der Waals surface area contributed by atoms with E-state index >= 15 is 0 Å². The number of methoxy groups -OCH3 is 1. The van der Waals surface area contributed by atoms with Crippen LogP contribution in [0.15, 0.2) is 59.4 Å². The lowest BCUT2D eigenvalue weighted by Gasteiger charge is -2.14. The molecule has 0 saturated carbocycles. The zero-order chi connectivity index (χ0) is 21.1. The zero-order valence-corrected chi connectivity index (χ0v) is 18.1. The molecule has 0 bridgehead atoms. The Hall–Kier alpha value is -3.16. The van der Waals surface area contributed by atoms with Crippen molar-refractivity contribution in [3.05, 3.63) is 87.0 Å². The van der Waals surface area contributed by atoms with Crippen molar-refractivity contribution in [2.45, 2.75) is 13.2 Å². The summed E-state index contributed by atoms with van der Waals surface area (Å²) in [6, 6.07) is 15.4. The molecule has 1 heterocycles. The Morgan fingerprint density at radius 2 is 1.81 bits per heavy atom. The lowest BCUT2D eigenvalue weighted by atomic mass is 10.2. The van der Waals surface area contributed by atoms with Gasteiger partial charge in [-0.15, -0.1) is 12.4 Å². The SMILES string of the molecule is COc1cc(CNc2ccc3[nH]c(=O)[nH]c3c2)ccc1OCc1ccc(F)cc1Cl.Cl. The maximum atomic E-state index is 13.2. The minimum Gasteiger partial charge on any atom is -0.493 e. The summed E-state index contributed by atoms with van der Waals surface area (Å²) in [5.41, 5.74) is 3.82. The van der Waals surface area contributed by atoms with Crippen LogP contribution in [0, 0.1) is 5.82 Å². The van der Waals surface area contributed by atoms with Gasteiger partial charge < -0.3 is 24.8 Å². The monoisotopic (exact) mass is 463 g/mol. The summed E-state index contributed by atoms with van der Waals surface area (Å²) >= 11 is 6.05. The van der Waals surface area contributed by atoms with Gasteiger partial charge in [-0.2, -0.15) is 0 Å². The van der Waals surface area contributed by atoms with E-state index < -0.39 is 0 Å². The quantitative estimate of drug-likeness (QED) is 0.348. The Labute approximate surface area is 188 Å². The number of aromatic nitrogens is 2. The Morgan fingerprint density at radius 1 is 1.00 bits per heavy atom. The van der Waals surface area contributed by atoms with Gasteiger partial charge in [0.1, 0.15) is 12.4 Å². The number of imidazole rings is 1. The van der Waals surface area contributed by atoms with Gasteiger partial charge in [-0.3, -0.25) is 0 Å². The summed E-state index contributed by atoms with van der Waals surface area (Å²) in [6.07, 6.45) is 0. The molecule has 0 fully saturated rings. The van der Waals surface area contributed by atoms with Crippen molar-refractivity contribution in [2.24, 2.45) is 0 Å². The topological polar surface area (TPSA) is 79.1 Å². The van der Waals surface area contributed by atoms with Crippen molar-refractivity contribution in [1.29, 1.82) is 0 Å². The van der Waals surface area contributed by atoms with Crippen molar-refractivity contribution >= 4 is 40.7 Å². The van der Waals surface area contributed by atoms with Gasteiger partial charge in [-0.1, -0.05) is 23.7 Å². The number of rotatable bonds is 7. The van der Waals surface area contributed by atoms with Gasteiger partial charge in [0.05, 0.1) is 23.2 Å². The van der Waals surface area contributed by atoms with Crippen LogP contribution in [0.1, 0.15) is 11.1 Å². The number of ether oxygens (including phenoxy) is 2. The van der Waals surface area contributed by atoms with E-state index in [1.54, 1.807) is 13.2 Å². The fourth-order valence-electron chi connectivity index (χ4n) is 3.08. The molecule has 0 saturated heterocycles. The van der Waals surface area contributed by atoms with Crippen LogP contribution in [0.25, 0.3) is 11.0 Å². The summed E-state index contributed by atoms with van der Waals surface area (Å²) in [5.74, 6) is 0.756. The largest absolute Gasteiger partial charge is 0.493 e. The molecule has 0 aliphatic heterocycles. The van der Waals surface area contributed by atoms with Crippen LogP contribution in [0.5, 0.6) is 11.5 Å². The van der Waals surface area contributed by atoms with E-state index in [9.17, 15) is 9.18 Å². The molecular formula is C22H20Cl2FN3O3. The predicted octanol–water partition coefficient (Wildman–Crippen LogP) is 5.27.